The van der Waals surface area contributed by atoms with E-state index in [1.807, 2.05) is 20.8 Å². The molecule has 5 nitrogen and oxygen atoms in total. The third-order valence-corrected chi connectivity index (χ3v) is 2.35. The molecule has 18 heavy (non-hydrogen) atoms. The van der Waals surface area contributed by atoms with Gasteiger partial charge in [-0.25, -0.2) is 9.59 Å². The van der Waals surface area contributed by atoms with Gasteiger partial charge < -0.3 is 14.4 Å². The van der Waals surface area contributed by atoms with Gasteiger partial charge in [0.1, 0.15) is 5.60 Å². The van der Waals surface area contributed by atoms with Crippen LogP contribution in [0.25, 0.3) is 0 Å². The minimum atomic E-state index is -0.469. The molecular weight excluding hydrogens is 234 g/mol. The van der Waals surface area contributed by atoms with Gasteiger partial charge >= 0.3 is 12.1 Å². The molecule has 1 aliphatic heterocycles. The zero-order valence-corrected chi connectivity index (χ0v) is 11.4. The van der Waals surface area contributed by atoms with E-state index in [9.17, 15) is 9.59 Å². The number of amides is 1. The summed E-state index contributed by atoms with van der Waals surface area (Å²) in [6, 6.07) is 0. The fraction of sp³-hybridized carbons (Fsp3) is 0.692. The number of rotatable bonds is 3. The quantitative estimate of drug-likeness (QED) is 0.571. The van der Waals surface area contributed by atoms with E-state index in [2.05, 4.69) is 0 Å². The molecule has 5 heteroatoms. The highest BCUT2D eigenvalue weighted by Crippen LogP contribution is 2.20. The first kappa shape index (κ1) is 14.5. The molecule has 1 aliphatic rings. The van der Waals surface area contributed by atoms with Crippen LogP contribution in [-0.2, 0) is 14.3 Å². The van der Waals surface area contributed by atoms with Crippen molar-refractivity contribution in [2.24, 2.45) is 5.92 Å². The van der Waals surface area contributed by atoms with Crippen LogP contribution >= 0.6 is 0 Å². The smallest absolute Gasteiger partial charge is 0.410 e. The molecule has 0 bridgehead atoms. The van der Waals surface area contributed by atoms with Crippen molar-refractivity contribution in [3.05, 3.63) is 12.2 Å². The summed E-state index contributed by atoms with van der Waals surface area (Å²) in [7, 11) is 0. The molecule has 0 radical (unpaired) electrons. The van der Waals surface area contributed by atoms with E-state index in [1.54, 1.807) is 17.9 Å². The lowest BCUT2D eigenvalue weighted by molar-refractivity contribution is -0.137. The first-order chi connectivity index (χ1) is 8.31. The summed E-state index contributed by atoms with van der Waals surface area (Å²) in [6.45, 7) is 8.82. The van der Waals surface area contributed by atoms with E-state index in [-0.39, 0.29) is 18.0 Å². The highest BCUT2D eigenvalue weighted by atomic mass is 16.6. The molecule has 0 atom stereocenters. The predicted molar refractivity (Wildman–Crippen MR) is 67.1 cm³/mol. The van der Waals surface area contributed by atoms with Crippen LogP contribution < -0.4 is 0 Å². The van der Waals surface area contributed by atoms with Crippen molar-refractivity contribution in [3.8, 4) is 0 Å². The Hall–Kier alpha value is -1.52. The van der Waals surface area contributed by atoms with Crippen molar-refractivity contribution in [2.45, 2.75) is 33.3 Å². The maximum absolute atomic E-state index is 11.6. The topological polar surface area (TPSA) is 55.8 Å². The minimum Gasteiger partial charge on any atom is -0.463 e. The van der Waals surface area contributed by atoms with E-state index in [0.717, 1.165) is 0 Å². The monoisotopic (exact) mass is 255 g/mol. The van der Waals surface area contributed by atoms with Crippen LogP contribution in [0, 0.1) is 5.92 Å². The van der Waals surface area contributed by atoms with Crippen LogP contribution in [0.4, 0.5) is 4.79 Å². The SMILES string of the molecule is CCOC(=O)/C=C\C1CN(C(=O)OC(C)(C)C)C1. The molecule has 0 aromatic heterocycles. The third kappa shape index (κ3) is 4.77. The predicted octanol–water partition coefficient (Wildman–Crippen LogP) is 1.97. The van der Waals surface area contributed by atoms with Crippen molar-refractivity contribution in [1.82, 2.24) is 4.90 Å². The number of hydrogen-bond donors (Lipinski definition) is 0. The molecule has 1 heterocycles. The van der Waals surface area contributed by atoms with E-state index < -0.39 is 5.60 Å². The van der Waals surface area contributed by atoms with E-state index in [0.29, 0.717) is 19.7 Å². The maximum Gasteiger partial charge on any atom is 0.410 e. The Morgan fingerprint density at radius 3 is 2.44 bits per heavy atom. The van der Waals surface area contributed by atoms with Crippen molar-refractivity contribution in [3.63, 3.8) is 0 Å². The Morgan fingerprint density at radius 1 is 1.33 bits per heavy atom. The first-order valence-electron chi connectivity index (χ1n) is 6.14. The van der Waals surface area contributed by atoms with Crippen molar-refractivity contribution in [1.29, 1.82) is 0 Å². The summed E-state index contributed by atoms with van der Waals surface area (Å²) >= 11 is 0. The average Bonchev–Trinajstić information content (AvgIpc) is 2.12. The molecule has 1 fully saturated rings. The second kappa shape index (κ2) is 5.89. The van der Waals surface area contributed by atoms with Crippen LogP contribution in [0.1, 0.15) is 27.7 Å². The average molecular weight is 255 g/mol. The molecule has 0 N–H and O–H groups in total. The van der Waals surface area contributed by atoms with Gasteiger partial charge in [-0.05, 0) is 27.7 Å². The van der Waals surface area contributed by atoms with Crippen molar-refractivity contribution >= 4 is 12.1 Å². The Balaban J connectivity index is 2.28. The number of hydrogen-bond acceptors (Lipinski definition) is 4. The molecule has 1 amide bonds. The number of esters is 1. The van der Waals surface area contributed by atoms with Gasteiger partial charge in [-0.2, -0.15) is 0 Å². The van der Waals surface area contributed by atoms with Gasteiger partial charge in [0.15, 0.2) is 0 Å². The zero-order valence-electron chi connectivity index (χ0n) is 11.4. The highest BCUT2D eigenvalue weighted by Gasteiger charge is 2.32. The third-order valence-electron chi connectivity index (χ3n) is 2.35. The molecule has 1 saturated heterocycles. The highest BCUT2D eigenvalue weighted by molar-refractivity contribution is 5.82. The van der Waals surface area contributed by atoms with Crippen LogP contribution in [0.2, 0.25) is 0 Å². The summed E-state index contributed by atoms with van der Waals surface area (Å²) in [5, 5.41) is 0. The van der Waals surface area contributed by atoms with Gasteiger partial charge in [-0.3, -0.25) is 0 Å². The van der Waals surface area contributed by atoms with Crippen molar-refractivity contribution in [2.75, 3.05) is 19.7 Å². The minimum absolute atomic E-state index is 0.210. The number of carbonyl (C=O) groups is 2. The molecule has 0 saturated carbocycles. The summed E-state index contributed by atoms with van der Waals surface area (Å²) in [4.78, 5) is 24.3. The lowest BCUT2D eigenvalue weighted by atomic mass is 10.0. The molecule has 0 aromatic rings. The maximum atomic E-state index is 11.6. The number of likely N-dealkylation sites (tertiary alicyclic amines) is 1. The number of nitrogens with zero attached hydrogens (tertiary/aromatic N) is 1. The zero-order chi connectivity index (χ0) is 13.8. The second-order valence-corrected chi connectivity index (χ2v) is 5.26. The van der Waals surface area contributed by atoms with Crippen LogP contribution in [0.5, 0.6) is 0 Å². The Labute approximate surface area is 108 Å². The van der Waals surface area contributed by atoms with E-state index in [1.165, 1.54) is 6.08 Å². The van der Waals surface area contributed by atoms with Gasteiger partial charge in [-0.1, -0.05) is 6.08 Å². The standard InChI is InChI=1S/C13H21NO4/c1-5-17-11(15)7-6-10-8-14(9-10)12(16)18-13(2,3)4/h6-7,10H,5,8-9H2,1-4H3/b7-6-. The van der Waals surface area contributed by atoms with Gasteiger partial charge in [-0.15, -0.1) is 0 Å². The lowest BCUT2D eigenvalue weighted by Crippen LogP contribution is -2.50. The Bertz CT molecular complexity index is 337. The normalized spacial score (nSPS) is 16.6. The molecule has 0 aliphatic carbocycles. The van der Waals surface area contributed by atoms with Crippen molar-refractivity contribution < 1.29 is 19.1 Å². The van der Waals surface area contributed by atoms with Crippen LogP contribution in [0.3, 0.4) is 0 Å². The molecule has 0 aromatic carbocycles. The van der Waals surface area contributed by atoms with Gasteiger partial charge in [0.2, 0.25) is 0 Å². The van der Waals surface area contributed by atoms with Crippen LogP contribution in [-0.4, -0.2) is 42.3 Å². The van der Waals surface area contributed by atoms with E-state index in [4.69, 9.17) is 9.47 Å². The molecule has 1 rings (SSSR count). The van der Waals surface area contributed by atoms with Gasteiger partial charge in [0.05, 0.1) is 6.61 Å². The first-order valence-corrected chi connectivity index (χ1v) is 6.14. The second-order valence-electron chi connectivity index (χ2n) is 5.26. The Morgan fingerprint density at radius 2 is 1.94 bits per heavy atom. The largest absolute Gasteiger partial charge is 0.463 e. The van der Waals surface area contributed by atoms with Gasteiger partial charge in [0.25, 0.3) is 0 Å². The fourth-order valence-corrected chi connectivity index (χ4v) is 1.51. The van der Waals surface area contributed by atoms with E-state index >= 15 is 0 Å². The summed E-state index contributed by atoms with van der Waals surface area (Å²) in [5.74, 6) is -0.129. The summed E-state index contributed by atoms with van der Waals surface area (Å²) in [6.07, 6.45) is 2.89. The van der Waals surface area contributed by atoms with Crippen LogP contribution in [0.15, 0.2) is 12.2 Å². The lowest BCUT2D eigenvalue weighted by Gasteiger charge is -2.38. The number of ether oxygens (including phenoxy) is 2. The molecule has 0 spiro atoms. The van der Waals surface area contributed by atoms with Gasteiger partial charge in [0, 0.05) is 25.1 Å². The number of carbonyl (C=O) groups excluding carboxylic acids is 2. The Kier molecular flexibility index (Phi) is 4.76. The molecule has 102 valence electrons. The summed E-state index contributed by atoms with van der Waals surface area (Å²) < 4.78 is 10.00. The molecular formula is C13H21NO4. The summed E-state index contributed by atoms with van der Waals surface area (Å²) in [5.41, 5.74) is -0.469. The molecule has 0 unspecified atom stereocenters. The fourth-order valence-electron chi connectivity index (χ4n) is 1.51.